The summed E-state index contributed by atoms with van der Waals surface area (Å²) < 4.78 is 9.82. The first kappa shape index (κ1) is 16.5. The Hall–Kier alpha value is -1.91. The molecule has 1 N–H and O–H groups in total. The Labute approximate surface area is 138 Å². The molecule has 0 spiro atoms. The van der Waals surface area contributed by atoms with Crippen LogP contribution in [0.3, 0.4) is 0 Å². The zero-order valence-electron chi connectivity index (χ0n) is 12.2. The molecule has 0 saturated carbocycles. The van der Waals surface area contributed by atoms with E-state index in [0.717, 1.165) is 11.3 Å². The fraction of sp³-hybridized carbons (Fsp3) is 0.188. The number of anilines is 2. The van der Waals surface area contributed by atoms with Crippen LogP contribution in [0.5, 0.6) is 5.75 Å². The van der Waals surface area contributed by atoms with Crippen molar-refractivity contribution >= 4 is 40.5 Å². The Bertz CT molecular complexity index is 666. The number of para-hydroxylation sites is 1. The van der Waals surface area contributed by atoms with Gasteiger partial charge in [-0.05, 0) is 11.6 Å². The summed E-state index contributed by atoms with van der Waals surface area (Å²) in [5.41, 5.74) is 2.08. The number of methoxy groups -OCH3 is 2. The first-order chi connectivity index (χ1) is 10.5. The molecule has 2 rings (SSSR count). The van der Waals surface area contributed by atoms with Gasteiger partial charge >= 0.3 is 5.97 Å². The molecule has 0 fully saturated rings. The Morgan fingerprint density at radius 1 is 1.14 bits per heavy atom. The third-order valence-corrected chi connectivity index (χ3v) is 3.69. The summed E-state index contributed by atoms with van der Waals surface area (Å²) in [5.74, 6) is 0.254. The van der Waals surface area contributed by atoms with Crippen LogP contribution >= 0.6 is 23.2 Å². The van der Waals surface area contributed by atoms with Crippen molar-refractivity contribution in [2.75, 3.05) is 19.5 Å². The molecular weight excluding hydrogens is 325 g/mol. The van der Waals surface area contributed by atoms with Crippen molar-refractivity contribution in [3.63, 3.8) is 0 Å². The molecule has 2 aromatic carbocycles. The number of ether oxygens (including phenoxy) is 2. The van der Waals surface area contributed by atoms with Gasteiger partial charge in [-0.2, -0.15) is 0 Å². The minimum absolute atomic E-state index is 0.158. The number of benzene rings is 2. The Morgan fingerprint density at radius 2 is 1.77 bits per heavy atom. The first-order valence-electron chi connectivity index (χ1n) is 6.50. The summed E-state index contributed by atoms with van der Waals surface area (Å²) in [4.78, 5) is 11.5. The second-order valence-corrected chi connectivity index (χ2v) is 5.32. The van der Waals surface area contributed by atoms with Gasteiger partial charge in [-0.3, -0.25) is 4.79 Å². The minimum Gasteiger partial charge on any atom is -0.497 e. The van der Waals surface area contributed by atoms with Crippen molar-refractivity contribution in [2.45, 2.75) is 6.42 Å². The molecule has 6 heteroatoms. The summed E-state index contributed by atoms with van der Waals surface area (Å²) in [5, 5.41) is 4.02. The molecule has 0 aliphatic heterocycles. The average molecular weight is 340 g/mol. The maximum atomic E-state index is 11.5. The molecule has 0 heterocycles. The number of esters is 1. The monoisotopic (exact) mass is 339 g/mol. The highest BCUT2D eigenvalue weighted by molar-refractivity contribution is 6.39. The van der Waals surface area contributed by atoms with E-state index < -0.39 is 0 Å². The van der Waals surface area contributed by atoms with Gasteiger partial charge in [0.25, 0.3) is 0 Å². The molecule has 2 aromatic rings. The lowest BCUT2D eigenvalue weighted by Crippen LogP contribution is -2.07. The summed E-state index contributed by atoms with van der Waals surface area (Å²) in [7, 11) is 2.90. The molecule has 0 atom stereocenters. The van der Waals surface area contributed by atoms with E-state index >= 15 is 0 Å². The summed E-state index contributed by atoms with van der Waals surface area (Å²) in [6.07, 6.45) is 0.158. The van der Waals surface area contributed by atoms with Crippen LogP contribution in [0.15, 0.2) is 36.4 Å². The van der Waals surface area contributed by atoms with Crippen LogP contribution in [0.2, 0.25) is 10.0 Å². The molecule has 22 heavy (non-hydrogen) atoms. The summed E-state index contributed by atoms with van der Waals surface area (Å²) >= 11 is 12.5. The number of hydrogen-bond donors (Lipinski definition) is 1. The van der Waals surface area contributed by atoms with Crippen molar-refractivity contribution in [1.29, 1.82) is 0 Å². The Kier molecular flexibility index (Phi) is 5.52. The van der Waals surface area contributed by atoms with Gasteiger partial charge in [-0.1, -0.05) is 41.4 Å². The molecule has 0 bridgehead atoms. The Balaban J connectivity index is 2.33. The lowest BCUT2D eigenvalue weighted by Gasteiger charge is -2.15. The third kappa shape index (κ3) is 3.84. The molecule has 4 nitrogen and oxygen atoms in total. The van der Waals surface area contributed by atoms with Crippen LogP contribution < -0.4 is 10.1 Å². The van der Waals surface area contributed by atoms with Gasteiger partial charge in [-0.25, -0.2) is 0 Å². The van der Waals surface area contributed by atoms with E-state index in [-0.39, 0.29) is 12.4 Å². The van der Waals surface area contributed by atoms with E-state index in [1.165, 1.54) is 7.11 Å². The Morgan fingerprint density at radius 3 is 2.36 bits per heavy atom. The number of carbonyl (C=O) groups is 1. The van der Waals surface area contributed by atoms with Crippen molar-refractivity contribution in [1.82, 2.24) is 0 Å². The maximum absolute atomic E-state index is 11.5. The van der Waals surface area contributed by atoms with Crippen molar-refractivity contribution in [3.8, 4) is 5.75 Å². The predicted molar refractivity (Wildman–Crippen MR) is 88.5 cm³/mol. The predicted octanol–water partition coefficient (Wildman–Crippen LogP) is 4.46. The fourth-order valence-electron chi connectivity index (χ4n) is 1.95. The number of halogens is 2. The van der Waals surface area contributed by atoms with Gasteiger partial charge in [0.1, 0.15) is 5.75 Å². The van der Waals surface area contributed by atoms with Gasteiger partial charge in [0, 0.05) is 17.8 Å². The largest absolute Gasteiger partial charge is 0.497 e. The highest BCUT2D eigenvalue weighted by Crippen LogP contribution is 2.37. The van der Waals surface area contributed by atoms with Gasteiger partial charge in [0.05, 0.1) is 36.4 Å². The molecule has 0 aliphatic carbocycles. The van der Waals surface area contributed by atoms with Crippen LogP contribution in [0.25, 0.3) is 0 Å². The highest BCUT2D eigenvalue weighted by Gasteiger charge is 2.12. The normalized spacial score (nSPS) is 10.2. The van der Waals surface area contributed by atoms with Crippen LogP contribution in [-0.2, 0) is 16.0 Å². The average Bonchev–Trinajstić information content (AvgIpc) is 2.51. The van der Waals surface area contributed by atoms with Gasteiger partial charge in [0.2, 0.25) is 0 Å². The molecule has 0 unspecified atom stereocenters. The molecule has 0 aliphatic rings. The minimum atomic E-state index is -0.318. The lowest BCUT2D eigenvalue weighted by atomic mass is 10.1. The van der Waals surface area contributed by atoms with E-state index in [4.69, 9.17) is 32.7 Å². The van der Waals surface area contributed by atoms with Gasteiger partial charge < -0.3 is 14.8 Å². The van der Waals surface area contributed by atoms with E-state index in [1.54, 1.807) is 19.2 Å². The highest BCUT2D eigenvalue weighted by atomic mass is 35.5. The van der Waals surface area contributed by atoms with E-state index in [1.807, 2.05) is 24.3 Å². The summed E-state index contributed by atoms with van der Waals surface area (Å²) in [6, 6.07) is 10.7. The van der Waals surface area contributed by atoms with Crippen molar-refractivity contribution in [2.24, 2.45) is 0 Å². The quantitative estimate of drug-likeness (QED) is 0.817. The van der Waals surface area contributed by atoms with Crippen LogP contribution in [0.1, 0.15) is 5.56 Å². The van der Waals surface area contributed by atoms with Gasteiger partial charge in [0.15, 0.2) is 0 Å². The SMILES string of the molecule is COC(=O)Cc1ccccc1Nc1c(Cl)cc(OC)cc1Cl. The number of hydrogen-bond acceptors (Lipinski definition) is 4. The second kappa shape index (κ2) is 7.38. The van der Waals surface area contributed by atoms with Crippen LogP contribution in [0.4, 0.5) is 11.4 Å². The number of rotatable bonds is 5. The van der Waals surface area contributed by atoms with Crippen molar-refractivity contribution in [3.05, 3.63) is 52.0 Å². The standard InChI is InChI=1S/C16H15Cl2NO3/c1-21-11-8-12(17)16(13(18)9-11)19-14-6-4-3-5-10(14)7-15(20)22-2/h3-6,8-9,19H,7H2,1-2H3. The molecule has 0 aromatic heterocycles. The molecular formula is C16H15Cl2NO3. The van der Waals surface area contributed by atoms with Crippen LogP contribution in [-0.4, -0.2) is 20.2 Å². The molecule has 0 amide bonds. The zero-order chi connectivity index (χ0) is 16.1. The second-order valence-electron chi connectivity index (χ2n) is 4.50. The van der Waals surface area contributed by atoms with Gasteiger partial charge in [-0.15, -0.1) is 0 Å². The molecule has 0 saturated heterocycles. The lowest BCUT2D eigenvalue weighted by molar-refractivity contribution is -0.139. The van der Waals surface area contributed by atoms with Crippen LogP contribution in [0, 0.1) is 0 Å². The first-order valence-corrected chi connectivity index (χ1v) is 7.25. The molecule has 0 radical (unpaired) electrons. The molecule has 116 valence electrons. The number of carbonyl (C=O) groups excluding carboxylic acids is 1. The number of nitrogens with one attached hydrogen (secondary N) is 1. The van der Waals surface area contributed by atoms with E-state index in [2.05, 4.69) is 5.32 Å². The third-order valence-electron chi connectivity index (χ3n) is 3.09. The van der Waals surface area contributed by atoms with Crippen molar-refractivity contribution < 1.29 is 14.3 Å². The smallest absolute Gasteiger partial charge is 0.310 e. The summed E-state index contributed by atoms with van der Waals surface area (Å²) in [6.45, 7) is 0. The van der Waals surface area contributed by atoms with E-state index in [9.17, 15) is 4.79 Å². The topological polar surface area (TPSA) is 47.6 Å². The fourth-order valence-corrected chi connectivity index (χ4v) is 2.51. The zero-order valence-corrected chi connectivity index (χ0v) is 13.7. The maximum Gasteiger partial charge on any atom is 0.310 e. The van der Waals surface area contributed by atoms with E-state index in [0.29, 0.717) is 21.5 Å².